The first-order valence-corrected chi connectivity index (χ1v) is 6.27. The van der Waals surface area contributed by atoms with E-state index >= 15 is 0 Å². The van der Waals surface area contributed by atoms with E-state index in [0.717, 1.165) is 25.2 Å². The number of rotatable bonds is 1. The van der Waals surface area contributed by atoms with Crippen LogP contribution in [0.1, 0.15) is 26.7 Å². The minimum absolute atomic E-state index is 0.0852. The van der Waals surface area contributed by atoms with Gasteiger partial charge in [0, 0.05) is 11.0 Å². The molecule has 0 saturated carbocycles. The minimum atomic E-state index is 0.0852. The molecule has 0 spiro atoms. The van der Waals surface area contributed by atoms with Gasteiger partial charge in [-0.05, 0) is 32.3 Å². The van der Waals surface area contributed by atoms with Gasteiger partial charge in [-0.15, -0.1) is 0 Å². The lowest BCUT2D eigenvalue weighted by molar-refractivity contribution is -0.0317. The van der Waals surface area contributed by atoms with Gasteiger partial charge in [-0.1, -0.05) is 18.2 Å². The maximum Gasteiger partial charge on any atom is 0.0810 e. The molecule has 0 aromatic heterocycles. The van der Waals surface area contributed by atoms with Crippen LogP contribution in [-0.4, -0.2) is 23.2 Å². The second-order valence-electron chi connectivity index (χ2n) is 4.44. The van der Waals surface area contributed by atoms with Gasteiger partial charge in [-0.2, -0.15) is 11.8 Å². The maximum absolute atomic E-state index is 5.90. The Hall–Kier alpha value is -0.210. The second kappa shape index (κ2) is 3.74. The Morgan fingerprint density at radius 2 is 2.50 bits per heavy atom. The molecule has 1 aliphatic heterocycles. The smallest absolute Gasteiger partial charge is 0.0810 e. The van der Waals surface area contributed by atoms with Gasteiger partial charge in [0.1, 0.15) is 0 Å². The van der Waals surface area contributed by atoms with Crippen LogP contribution in [0.3, 0.4) is 0 Å². The number of hydrogen-bond acceptors (Lipinski definition) is 2. The van der Waals surface area contributed by atoms with Crippen molar-refractivity contribution in [2.24, 2.45) is 0 Å². The van der Waals surface area contributed by atoms with Crippen LogP contribution < -0.4 is 0 Å². The third-order valence-corrected chi connectivity index (χ3v) is 4.69. The fourth-order valence-corrected chi connectivity index (χ4v) is 3.44. The van der Waals surface area contributed by atoms with Crippen LogP contribution in [0.5, 0.6) is 0 Å². The monoisotopic (exact) mass is 210 g/mol. The van der Waals surface area contributed by atoms with E-state index in [4.69, 9.17) is 4.74 Å². The van der Waals surface area contributed by atoms with E-state index in [1.54, 1.807) is 0 Å². The quantitative estimate of drug-likeness (QED) is 0.657. The predicted molar refractivity (Wildman–Crippen MR) is 62.7 cm³/mol. The molecule has 1 fully saturated rings. The molecular formula is C12H18OS. The predicted octanol–water partition coefficient (Wildman–Crippen LogP) is 3.17. The highest BCUT2D eigenvalue weighted by Gasteiger charge is 2.40. The van der Waals surface area contributed by atoms with Crippen molar-refractivity contribution in [3.8, 4) is 0 Å². The Kier molecular flexibility index (Phi) is 2.76. The topological polar surface area (TPSA) is 9.23 Å². The van der Waals surface area contributed by atoms with Gasteiger partial charge in [0.15, 0.2) is 0 Å². The van der Waals surface area contributed by atoms with E-state index in [2.05, 4.69) is 38.3 Å². The molecule has 0 bridgehead atoms. The lowest BCUT2D eigenvalue weighted by Gasteiger charge is -2.43. The average molecular weight is 210 g/mol. The van der Waals surface area contributed by atoms with Crippen molar-refractivity contribution < 1.29 is 4.74 Å². The summed E-state index contributed by atoms with van der Waals surface area (Å²) in [6.45, 7) is 9.28. The van der Waals surface area contributed by atoms with Gasteiger partial charge < -0.3 is 4.74 Å². The van der Waals surface area contributed by atoms with Crippen molar-refractivity contribution in [1.82, 2.24) is 0 Å². The van der Waals surface area contributed by atoms with Crippen LogP contribution in [0.25, 0.3) is 0 Å². The van der Waals surface area contributed by atoms with Crippen LogP contribution in [0.15, 0.2) is 23.8 Å². The zero-order chi connectivity index (χ0) is 10.2. The third-order valence-electron chi connectivity index (χ3n) is 3.22. The van der Waals surface area contributed by atoms with Crippen LogP contribution in [0.2, 0.25) is 0 Å². The van der Waals surface area contributed by atoms with Crippen LogP contribution in [0.4, 0.5) is 0 Å². The SMILES string of the molecule is C=C(C)C1=CC[C@@]2(C)OCCS[C@@H]2C1. The fraction of sp³-hybridized carbons (Fsp3) is 0.667. The van der Waals surface area contributed by atoms with E-state index in [1.165, 1.54) is 11.1 Å². The van der Waals surface area contributed by atoms with Gasteiger partial charge in [0.25, 0.3) is 0 Å². The molecule has 0 N–H and O–H groups in total. The highest BCUT2D eigenvalue weighted by atomic mass is 32.2. The van der Waals surface area contributed by atoms with Crippen LogP contribution in [-0.2, 0) is 4.74 Å². The summed E-state index contributed by atoms with van der Waals surface area (Å²) in [5.41, 5.74) is 2.74. The molecule has 78 valence electrons. The van der Waals surface area contributed by atoms with Crippen molar-refractivity contribution in [2.75, 3.05) is 12.4 Å². The van der Waals surface area contributed by atoms with Crippen molar-refractivity contribution in [3.05, 3.63) is 23.8 Å². The summed E-state index contributed by atoms with van der Waals surface area (Å²) in [6, 6.07) is 0. The molecule has 0 aromatic carbocycles. The average Bonchev–Trinajstić information content (AvgIpc) is 2.16. The van der Waals surface area contributed by atoms with E-state index in [0.29, 0.717) is 5.25 Å². The summed E-state index contributed by atoms with van der Waals surface area (Å²) in [7, 11) is 0. The first kappa shape index (κ1) is 10.3. The van der Waals surface area contributed by atoms with Crippen LogP contribution in [0, 0.1) is 0 Å². The lowest BCUT2D eigenvalue weighted by atomic mass is 9.84. The van der Waals surface area contributed by atoms with Gasteiger partial charge in [-0.25, -0.2) is 0 Å². The van der Waals surface area contributed by atoms with Crippen molar-refractivity contribution in [3.63, 3.8) is 0 Å². The number of fused-ring (bicyclic) bond motifs is 1. The number of thioether (sulfide) groups is 1. The maximum atomic E-state index is 5.90. The standard InChI is InChI=1S/C12H18OS/c1-9(2)10-4-5-12(3)11(8-10)14-7-6-13-12/h4,11H,1,5-8H2,2-3H3/t11-,12-/m1/s1. The summed E-state index contributed by atoms with van der Waals surface area (Å²) in [5, 5.41) is 0.632. The molecular weight excluding hydrogens is 192 g/mol. The van der Waals surface area contributed by atoms with E-state index < -0.39 is 0 Å². The lowest BCUT2D eigenvalue weighted by Crippen LogP contribution is -2.46. The van der Waals surface area contributed by atoms with E-state index in [-0.39, 0.29) is 5.60 Å². The van der Waals surface area contributed by atoms with Crippen molar-refractivity contribution in [2.45, 2.75) is 37.5 Å². The molecule has 2 rings (SSSR count). The summed E-state index contributed by atoms with van der Waals surface area (Å²) in [4.78, 5) is 0. The molecule has 1 heterocycles. The Balaban J connectivity index is 2.17. The number of ether oxygens (including phenoxy) is 1. The molecule has 2 aliphatic rings. The highest BCUT2D eigenvalue weighted by molar-refractivity contribution is 8.00. The van der Waals surface area contributed by atoms with Crippen molar-refractivity contribution >= 4 is 11.8 Å². The summed E-state index contributed by atoms with van der Waals surface area (Å²) < 4.78 is 5.90. The fourth-order valence-electron chi connectivity index (χ4n) is 2.16. The molecule has 1 aliphatic carbocycles. The summed E-state index contributed by atoms with van der Waals surface area (Å²) in [6.07, 6.45) is 4.49. The molecule has 14 heavy (non-hydrogen) atoms. The van der Waals surface area contributed by atoms with Gasteiger partial charge in [0.05, 0.1) is 12.2 Å². The molecule has 0 unspecified atom stereocenters. The van der Waals surface area contributed by atoms with E-state index in [1.807, 2.05) is 0 Å². The summed E-state index contributed by atoms with van der Waals surface area (Å²) >= 11 is 2.06. The molecule has 1 nitrogen and oxygen atoms in total. The molecule has 0 amide bonds. The Bertz CT molecular complexity index is 282. The van der Waals surface area contributed by atoms with Gasteiger partial charge in [0.2, 0.25) is 0 Å². The number of hydrogen-bond donors (Lipinski definition) is 0. The Labute approximate surface area is 90.6 Å². The number of allylic oxidation sites excluding steroid dienone is 2. The molecule has 0 aromatic rings. The summed E-state index contributed by atoms with van der Waals surface area (Å²) in [5.74, 6) is 1.14. The zero-order valence-corrected chi connectivity index (χ0v) is 9.82. The minimum Gasteiger partial charge on any atom is -0.373 e. The molecule has 2 atom stereocenters. The second-order valence-corrected chi connectivity index (χ2v) is 5.75. The van der Waals surface area contributed by atoms with Crippen LogP contribution >= 0.6 is 11.8 Å². The normalized spacial score (nSPS) is 37.3. The highest BCUT2D eigenvalue weighted by Crippen LogP contribution is 2.42. The van der Waals surface area contributed by atoms with Crippen molar-refractivity contribution in [1.29, 1.82) is 0 Å². The largest absolute Gasteiger partial charge is 0.373 e. The molecule has 1 saturated heterocycles. The molecule has 2 heteroatoms. The van der Waals surface area contributed by atoms with Gasteiger partial charge >= 0.3 is 0 Å². The van der Waals surface area contributed by atoms with E-state index in [9.17, 15) is 0 Å². The first-order chi connectivity index (χ1) is 6.62. The Morgan fingerprint density at radius 3 is 3.21 bits per heavy atom. The zero-order valence-electron chi connectivity index (χ0n) is 9.01. The Morgan fingerprint density at radius 1 is 1.71 bits per heavy atom. The first-order valence-electron chi connectivity index (χ1n) is 5.22. The third kappa shape index (κ3) is 1.78. The molecule has 0 radical (unpaired) electrons. The van der Waals surface area contributed by atoms with Gasteiger partial charge in [-0.3, -0.25) is 0 Å².